The van der Waals surface area contributed by atoms with E-state index in [-0.39, 0.29) is 0 Å². The molecule has 2 rings (SSSR count). The van der Waals surface area contributed by atoms with E-state index in [1.54, 1.807) is 12.4 Å². The third kappa shape index (κ3) is 3.34. The molecule has 0 amide bonds. The predicted octanol–water partition coefficient (Wildman–Crippen LogP) is 3.51. The van der Waals surface area contributed by atoms with E-state index in [2.05, 4.69) is 9.97 Å². The van der Waals surface area contributed by atoms with Crippen molar-refractivity contribution in [2.45, 2.75) is 12.4 Å². The van der Waals surface area contributed by atoms with Crippen LogP contribution in [-0.4, -0.2) is 17.0 Å². The summed E-state index contributed by atoms with van der Waals surface area (Å²) >= 11 is 11.7. The molecular formula is C13H13Cl2N3. The summed E-state index contributed by atoms with van der Waals surface area (Å²) in [6.07, 6.45) is 3.39. The summed E-state index contributed by atoms with van der Waals surface area (Å²) in [5.41, 5.74) is 1.90. The Balaban J connectivity index is 2.13. The number of hydrogen-bond acceptors (Lipinski definition) is 3. The van der Waals surface area contributed by atoms with E-state index in [9.17, 15) is 0 Å². The number of halogens is 2. The number of benzene rings is 1. The van der Waals surface area contributed by atoms with Crippen molar-refractivity contribution in [3.05, 3.63) is 52.9 Å². The van der Waals surface area contributed by atoms with Crippen LogP contribution < -0.4 is 4.90 Å². The van der Waals surface area contributed by atoms with E-state index in [1.165, 1.54) is 0 Å². The molecule has 0 aliphatic carbocycles. The van der Waals surface area contributed by atoms with Gasteiger partial charge in [-0.15, -0.1) is 11.6 Å². The van der Waals surface area contributed by atoms with Gasteiger partial charge in [0.15, 0.2) is 0 Å². The monoisotopic (exact) mass is 281 g/mol. The molecule has 0 bridgehead atoms. The van der Waals surface area contributed by atoms with Crippen molar-refractivity contribution in [2.75, 3.05) is 11.9 Å². The molecule has 1 aromatic heterocycles. The zero-order valence-electron chi connectivity index (χ0n) is 9.98. The minimum absolute atomic E-state index is 0.367. The number of alkyl halides is 1. The maximum atomic E-state index is 5.96. The summed E-state index contributed by atoms with van der Waals surface area (Å²) < 4.78 is 0. The van der Waals surface area contributed by atoms with Gasteiger partial charge in [0, 0.05) is 24.8 Å². The minimum Gasteiger partial charge on any atom is -0.354 e. The Morgan fingerprint density at radius 3 is 2.83 bits per heavy atom. The standard InChI is InChI=1S/C13H13Cl2N3/c1-18(9-10-3-2-4-11(15)5-10)13-8-16-7-12(6-14)17-13/h2-5,7-8H,6,9H2,1H3. The highest BCUT2D eigenvalue weighted by Gasteiger charge is 2.05. The number of anilines is 1. The van der Waals surface area contributed by atoms with Gasteiger partial charge < -0.3 is 4.90 Å². The van der Waals surface area contributed by atoms with E-state index in [0.717, 1.165) is 28.6 Å². The van der Waals surface area contributed by atoms with Crippen molar-refractivity contribution >= 4 is 29.0 Å². The summed E-state index contributed by atoms with van der Waals surface area (Å²) in [6, 6.07) is 7.77. The third-order valence-electron chi connectivity index (χ3n) is 2.51. The maximum absolute atomic E-state index is 5.96. The SMILES string of the molecule is CN(Cc1cccc(Cl)c1)c1cncc(CCl)n1. The van der Waals surface area contributed by atoms with Gasteiger partial charge in [-0.3, -0.25) is 4.98 Å². The predicted molar refractivity (Wildman–Crippen MR) is 75.1 cm³/mol. The van der Waals surface area contributed by atoms with Gasteiger partial charge in [-0.05, 0) is 17.7 Å². The van der Waals surface area contributed by atoms with Crippen molar-refractivity contribution in [3.63, 3.8) is 0 Å². The minimum atomic E-state index is 0.367. The van der Waals surface area contributed by atoms with E-state index in [0.29, 0.717) is 5.88 Å². The second-order valence-electron chi connectivity index (χ2n) is 3.99. The topological polar surface area (TPSA) is 29.0 Å². The van der Waals surface area contributed by atoms with E-state index in [4.69, 9.17) is 23.2 Å². The second kappa shape index (κ2) is 6.03. The van der Waals surface area contributed by atoms with Crippen molar-refractivity contribution in [1.29, 1.82) is 0 Å². The quantitative estimate of drug-likeness (QED) is 0.804. The fourth-order valence-electron chi connectivity index (χ4n) is 1.63. The first-order chi connectivity index (χ1) is 8.69. The number of nitrogens with zero attached hydrogens (tertiary/aromatic N) is 3. The maximum Gasteiger partial charge on any atom is 0.147 e. The average molecular weight is 282 g/mol. The van der Waals surface area contributed by atoms with Crippen molar-refractivity contribution < 1.29 is 0 Å². The lowest BCUT2D eigenvalue weighted by molar-refractivity contribution is 0.880. The van der Waals surface area contributed by atoms with Crippen molar-refractivity contribution in [3.8, 4) is 0 Å². The molecule has 1 heterocycles. The Bertz CT molecular complexity index is 531. The Morgan fingerprint density at radius 2 is 2.11 bits per heavy atom. The summed E-state index contributed by atoms with van der Waals surface area (Å²) in [4.78, 5) is 10.5. The summed E-state index contributed by atoms with van der Waals surface area (Å²) in [6.45, 7) is 0.723. The van der Waals surface area contributed by atoms with Crippen LogP contribution in [0.4, 0.5) is 5.82 Å². The normalized spacial score (nSPS) is 10.4. The van der Waals surface area contributed by atoms with Crippen LogP contribution in [0.3, 0.4) is 0 Å². The fraction of sp³-hybridized carbons (Fsp3) is 0.231. The molecule has 94 valence electrons. The highest BCUT2D eigenvalue weighted by atomic mass is 35.5. The Labute approximate surface area is 116 Å². The van der Waals surface area contributed by atoms with Crippen LogP contribution in [0.5, 0.6) is 0 Å². The number of hydrogen-bond donors (Lipinski definition) is 0. The fourth-order valence-corrected chi connectivity index (χ4v) is 1.97. The highest BCUT2D eigenvalue weighted by Crippen LogP contribution is 2.15. The van der Waals surface area contributed by atoms with Crippen LogP contribution in [-0.2, 0) is 12.4 Å². The Kier molecular flexibility index (Phi) is 4.39. The van der Waals surface area contributed by atoms with Gasteiger partial charge in [0.05, 0.1) is 17.8 Å². The lowest BCUT2D eigenvalue weighted by atomic mass is 10.2. The molecule has 0 aliphatic rings. The molecule has 0 aliphatic heterocycles. The zero-order valence-corrected chi connectivity index (χ0v) is 11.5. The van der Waals surface area contributed by atoms with Crippen LogP contribution in [0.15, 0.2) is 36.7 Å². The smallest absolute Gasteiger partial charge is 0.147 e. The molecular weight excluding hydrogens is 269 g/mol. The molecule has 0 atom stereocenters. The van der Waals surface area contributed by atoms with Crippen molar-refractivity contribution in [2.24, 2.45) is 0 Å². The molecule has 3 nitrogen and oxygen atoms in total. The molecule has 0 saturated carbocycles. The molecule has 0 radical (unpaired) electrons. The Hall–Kier alpha value is -1.32. The molecule has 0 spiro atoms. The second-order valence-corrected chi connectivity index (χ2v) is 4.69. The zero-order chi connectivity index (χ0) is 13.0. The molecule has 0 unspecified atom stereocenters. The first-order valence-electron chi connectivity index (χ1n) is 5.51. The van der Waals surface area contributed by atoms with E-state index in [1.807, 2.05) is 36.2 Å². The van der Waals surface area contributed by atoms with Crippen LogP contribution in [0.25, 0.3) is 0 Å². The molecule has 0 N–H and O–H groups in total. The molecule has 1 aromatic carbocycles. The van der Waals surface area contributed by atoms with Gasteiger partial charge in [0.2, 0.25) is 0 Å². The number of aromatic nitrogens is 2. The third-order valence-corrected chi connectivity index (χ3v) is 3.02. The van der Waals surface area contributed by atoms with Gasteiger partial charge in [0.1, 0.15) is 5.82 Å². The van der Waals surface area contributed by atoms with E-state index >= 15 is 0 Å². The van der Waals surface area contributed by atoms with Crippen LogP contribution >= 0.6 is 23.2 Å². The Morgan fingerprint density at radius 1 is 1.28 bits per heavy atom. The summed E-state index contributed by atoms with van der Waals surface area (Å²) in [7, 11) is 1.96. The highest BCUT2D eigenvalue weighted by molar-refractivity contribution is 6.30. The first-order valence-corrected chi connectivity index (χ1v) is 6.43. The summed E-state index contributed by atoms with van der Waals surface area (Å²) in [5.74, 6) is 1.17. The van der Waals surface area contributed by atoms with Crippen LogP contribution in [0.1, 0.15) is 11.3 Å². The molecule has 18 heavy (non-hydrogen) atoms. The van der Waals surface area contributed by atoms with Gasteiger partial charge in [-0.25, -0.2) is 4.98 Å². The largest absolute Gasteiger partial charge is 0.354 e. The van der Waals surface area contributed by atoms with Crippen LogP contribution in [0, 0.1) is 0 Å². The summed E-state index contributed by atoms with van der Waals surface area (Å²) in [5, 5.41) is 0.737. The molecule has 0 saturated heterocycles. The average Bonchev–Trinajstić information content (AvgIpc) is 2.39. The first kappa shape index (κ1) is 13.1. The van der Waals surface area contributed by atoms with Gasteiger partial charge in [0.25, 0.3) is 0 Å². The van der Waals surface area contributed by atoms with Crippen LogP contribution in [0.2, 0.25) is 5.02 Å². The van der Waals surface area contributed by atoms with Gasteiger partial charge >= 0.3 is 0 Å². The molecule has 0 fully saturated rings. The lowest BCUT2D eigenvalue weighted by Crippen LogP contribution is -2.18. The number of rotatable bonds is 4. The van der Waals surface area contributed by atoms with Gasteiger partial charge in [-0.1, -0.05) is 23.7 Å². The lowest BCUT2D eigenvalue weighted by Gasteiger charge is -2.18. The molecule has 2 aromatic rings. The van der Waals surface area contributed by atoms with Gasteiger partial charge in [-0.2, -0.15) is 0 Å². The van der Waals surface area contributed by atoms with E-state index < -0.39 is 0 Å². The van der Waals surface area contributed by atoms with Crippen molar-refractivity contribution in [1.82, 2.24) is 9.97 Å². The molecule has 5 heteroatoms.